The number of nitro benzene ring substituents is 1. The fourth-order valence-corrected chi connectivity index (χ4v) is 4.19. The summed E-state index contributed by atoms with van der Waals surface area (Å²) in [4.78, 5) is 39.8. The smallest absolute Gasteiger partial charge is 0.296 e. The van der Waals surface area contributed by atoms with Crippen LogP contribution in [-0.2, 0) is 6.42 Å². The summed E-state index contributed by atoms with van der Waals surface area (Å²) in [5, 5.41) is 15.1. The van der Waals surface area contributed by atoms with Crippen LogP contribution >= 0.6 is 11.3 Å². The molecule has 33 heavy (non-hydrogen) atoms. The molecule has 0 atom stereocenters. The molecule has 0 N–H and O–H groups in total. The molecule has 0 amide bonds. The maximum atomic E-state index is 12.9. The van der Waals surface area contributed by atoms with Gasteiger partial charge in [-0.2, -0.15) is 14.6 Å². The summed E-state index contributed by atoms with van der Waals surface area (Å²) in [7, 11) is 0. The van der Waals surface area contributed by atoms with Gasteiger partial charge in [-0.3, -0.25) is 19.7 Å². The van der Waals surface area contributed by atoms with Crippen LogP contribution in [0.1, 0.15) is 17.0 Å². The van der Waals surface area contributed by atoms with Gasteiger partial charge in [0, 0.05) is 30.2 Å². The molecule has 0 aliphatic heterocycles. The first-order valence-electron chi connectivity index (χ1n) is 9.81. The number of hydrogen-bond donors (Lipinski definition) is 0. The predicted octanol–water partition coefficient (Wildman–Crippen LogP) is 2.82. The standard InChI is InChI=1S/C23H14N4O5S/c28-21-18(12-14-4-2-1-3-5-14)25-26-22(29)20(33-23(26)24-21)13-17-10-11-19(32-17)15-6-8-16(9-7-15)27(30)31/h1-11,13H,12H2. The van der Waals surface area contributed by atoms with Crippen LogP contribution in [0.2, 0.25) is 0 Å². The first kappa shape index (κ1) is 20.5. The highest BCUT2D eigenvalue weighted by Gasteiger charge is 2.13. The Bertz CT molecular complexity index is 1650. The van der Waals surface area contributed by atoms with Crippen molar-refractivity contribution in [2.75, 3.05) is 0 Å². The molecule has 0 saturated carbocycles. The number of thiazole rings is 1. The lowest BCUT2D eigenvalue weighted by atomic mass is 10.1. The molecule has 0 radical (unpaired) electrons. The van der Waals surface area contributed by atoms with E-state index in [4.69, 9.17) is 4.42 Å². The maximum Gasteiger partial charge on any atom is 0.296 e. The lowest BCUT2D eigenvalue weighted by Crippen LogP contribution is -2.28. The Balaban J connectivity index is 1.49. The van der Waals surface area contributed by atoms with E-state index in [9.17, 15) is 19.7 Å². The van der Waals surface area contributed by atoms with Gasteiger partial charge in [-0.1, -0.05) is 41.7 Å². The Kier molecular flexibility index (Phi) is 5.11. The molecular formula is C23H14N4O5S. The largest absolute Gasteiger partial charge is 0.457 e. The quantitative estimate of drug-likeness (QED) is 0.293. The number of aromatic nitrogens is 3. The third-order valence-corrected chi connectivity index (χ3v) is 5.89. The SMILES string of the molecule is O=c1nc2sc(=Cc3ccc(-c4ccc([N+](=O)[O-])cc4)o3)c(=O)n2nc1Cc1ccccc1. The van der Waals surface area contributed by atoms with Gasteiger partial charge in [-0.25, -0.2) is 0 Å². The second kappa shape index (κ2) is 8.24. The topological polar surface area (TPSA) is 121 Å². The number of fused-ring (bicyclic) bond motifs is 1. The van der Waals surface area contributed by atoms with Crippen molar-refractivity contribution in [3.8, 4) is 11.3 Å². The van der Waals surface area contributed by atoms with Gasteiger partial charge >= 0.3 is 0 Å². The van der Waals surface area contributed by atoms with Crippen LogP contribution < -0.4 is 15.7 Å². The van der Waals surface area contributed by atoms with Crippen molar-refractivity contribution in [3.63, 3.8) is 0 Å². The van der Waals surface area contributed by atoms with E-state index in [0.29, 0.717) is 21.6 Å². The van der Waals surface area contributed by atoms with Gasteiger partial charge in [0.15, 0.2) is 0 Å². The van der Waals surface area contributed by atoms with E-state index in [1.165, 1.54) is 12.1 Å². The van der Waals surface area contributed by atoms with Gasteiger partial charge in [0.1, 0.15) is 21.7 Å². The molecule has 0 spiro atoms. The zero-order chi connectivity index (χ0) is 22.9. The van der Waals surface area contributed by atoms with Crippen LogP contribution in [0.15, 0.2) is 80.7 Å². The predicted molar refractivity (Wildman–Crippen MR) is 122 cm³/mol. The summed E-state index contributed by atoms with van der Waals surface area (Å²) in [5.41, 5.74) is 0.874. The summed E-state index contributed by atoms with van der Waals surface area (Å²) in [6.45, 7) is 0. The van der Waals surface area contributed by atoms with Gasteiger partial charge < -0.3 is 4.42 Å². The highest BCUT2D eigenvalue weighted by molar-refractivity contribution is 7.15. The van der Waals surface area contributed by atoms with Gasteiger partial charge in [-0.05, 0) is 29.8 Å². The number of benzene rings is 2. The van der Waals surface area contributed by atoms with E-state index in [-0.39, 0.29) is 22.8 Å². The van der Waals surface area contributed by atoms with Gasteiger partial charge in [0.25, 0.3) is 16.8 Å². The van der Waals surface area contributed by atoms with Gasteiger partial charge in [-0.15, -0.1) is 0 Å². The van der Waals surface area contributed by atoms with Crippen LogP contribution in [0.5, 0.6) is 0 Å². The molecule has 5 rings (SSSR count). The molecule has 2 aromatic carbocycles. The fourth-order valence-electron chi connectivity index (χ4n) is 3.30. The van der Waals surface area contributed by atoms with Crippen molar-refractivity contribution < 1.29 is 9.34 Å². The van der Waals surface area contributed by atoms with E-state index < -0.39 is 16.0 Å². The van der Waals surface area contributed by atoms with Crippen LogP contribution in [0.4, 0.5) is 5.69 Å². The maximum absolute atomic E-state index is 12.9. The number of rotatable bonds is 5. The highest BCUT2D eigenvalue weighted by Crippen LogP contribution is 2.24. The minimum atomic E-state index is -0.472. The average Bonchev–Trinajstić information content (AvgIpc) is 3.40. The van der Waals surface area contributed by atoms with Crippen LogP contribution in [0.3, 0.4) is 0 Å². The summed E-state index contributed by atoms with van der Waals surface area (Å²) < 4.78 is 7.23. The van der Waals surface area contributed by atoms with Gasteiger partial charge in [0.05, 0.1) is 4.92 Å². The van der Waals surface area contributed by atoms with E-state index in [1.54, 1.807) is 30.3 Å². The molecule has 0 saturated heterocycles. The summed E-state index contributed by atoms with van der Waals surface area (Å²) in [5.74, 6) is 0.917. The average molecular weight is 458 g/mol. The van der Waals surface area contributed by atoms with Crippen molar-refractivity contribution >= 4 is 28.1 Å². The summed E-state index contributed by atoms with van der Waals surface area (Å²) in [6, 6.07) is 18.7. The molecule has 0 aliphatic carbocycles. The van der Waals surface area contributed by atoms with Crippen LogP contribution in [0, 0.1) is 10.1 Å². The number of furan rings is 1. The van der Waals surface area contributed by atoms with Crippen molar-refractivity contribution in [3.05, 3.63) is 119 Å². The van der Waals surface area contributed by atoms with E-state index in [2.05, 4.69) is 10.1 Å². The van der Waals surface area contributed by atoms with Crippen molar-refractivity contribution in [1.82, 2.24) is 14.6 Å². The molecule has 10 heteroatoms. The summed E-state index contributed by atoms with van der Waals surface area (Å²) in [6.07, 6.45) is 1.83. The van der Waals surface area contributed by atoms with E-state index in [1.807, 2.05) is 30.3 Å². The van der Waals surface area contributed by atoms with Crippen molar-refractivity contribution in [2.45, 2.75) is 6.42 Å². The molecule has 9 nitrogen and oxygen atoms in total. The molecule has 5 aromatic rings. The molecule has 0 aliphatic rings. The van der Waals surface area contributed by atoms with Crippen LogP contribution in [-0.4, -0.2) is 19.5 Å². The van der Waals surface area contributed by atoms with Gasteiger partial charge in [0.2, 0.25) is 4.96 Å². The Hall–Kier alpha value is -4.44. The molecule has 3 aromatic heterocycles. The first-order chi connectivity index (χ1) is 16.0. The Morgan fingerprint density at radius 1 is 1.03 bits per heavy atom. The van der Waals surface area contributed by atoms with E-state index >= 15 is 0 Å². The molecule has 0 unspecified atom stereocenters. The number of hydrogen-bond acceptors (Lipinski definition) is 8. The molecule has 3 heterocycles. The second-order valence-electron chi connectivity index (χ2n) is 7.14. The normalized spacial score (nSPS) is 11.8. The lowest BCUT2D eigenvalue weighted by Gasteiger charge is -1.99. The molecule has 0 fully saturated rings. The second-order valence-corrected chi connectivity index (χ2v) is 8.15. The zero-order valence-corrected chi connectivity index (χ0v) is 17.7. The van der Waals surface area contributed by atoms with Crippen LogP contribution in [0.25, 0.3) is 22.4 Å². The first-order valence-corrected chi connectivity index (χ1v) is 10.6. The van der Waals surface area contributed by atoms with Crippen molar-refractivity contribution in [1.29, 1.82) is 0 Å². The number of non-ortho nitro benzene ring substituents is 1. The van der Waals surface area contributed by atoms with E-state index in [0.717, 1.165) is 21.4 Å². The minimum Gasteiger partial charge on any atom is -0.457 e. The highest BCUT2D eigenvalue weighted by atomic mass is 32.1. The monoisotopic (exact) mass is 458 g/mol. The zero-order valence-electron chi connectivity index (χ0n) is 16.9. The lowest BCUT2D eigenvalue weighted by molar-refractivity contribution is -0.384. The minimum absolute atomic E-state index is 0.0141. The fraction of sp³-hybridized carbons (Fsp3) is 0.0435. The Labute approximate surface area is 189 Å². The number of nitrogens with zero attached hydrogens (tertiary/aromatic N) is 4. The Morgan fingerprint density at radius 3 is 2.52 bits per heavy atom. The molecule has 0 bridgehead atoms. The molecule has 162 valence electrons. The van der Waals surface area contributed by atoms with Crippen molar-refractivity contribution in [2.24, 2.45) is 0 Å². The molecular weight excluding hydrogens is 444 g/mol. The Morgan fingerprint density at radius 2 is 1.79 bits per heavy atom. The third-order valence-electron chi connectivity index (χ3n) is 4.93. The third kappa shape index (κ3) is 4.06. The number of nitro groups is 1. The summed E-state index contributed by atoms with van der Waals surface area (Å²) >= 11 is 1.04.